The summed E-state index contributed by atoms with van der Waals surface area (Å²) in [7, 11) is 3.15. The van der Waals surface area contributed by atoms with Crippen molar-refractivity contribution in [3.05, 3.63) is 42.0 Å². The summed E-state index contributed by atoms with van der Waals surface area (Å²) >= 11 is 0. The molecule has 1 N–H and O–H groups in total. The van der Waals surface area contributed by atoms with Gasteiger partial charge in [-0.3, -0.25) is 4.79 Å². The van der Waals surface area contributed by atoms with E-state index in [1.165, 1.54) is 6.07 Å². The van der Waals surface area contributed by atoms with Crippen LogP contribution in [0.5, 0.6) is 17.2 Å². The Hall–Kier alpha value is -2.49. The molecule has 4 nitrogen and oxygen atoms in total. The molecule has 0 aromatic heterocycles. The number of hydrogen-bond acceptors (Lipinski definition) is 4. The van der Waals surface area contributed by atoms with Crippen molar-refractivity contribution in [3.63, 3.8) is 0 Å². The largest absolute Gasteiger partial charge is 0.507 e. The van der Waals surface area contributed by atoms with Crippen LogP contribution < -0.4 is 9.47 Å². The van der Waals surface area contributed by atoms with Crippen LogP contribution in [0.4, 0.5) is 0 Å². The molecule has 0 atom stereocenters. The van der Waals surface area contributed by atoms with Crippen LogP contribution >= 0.6 is 0 Å². The maximum Gasteiger partial charge on any atom is 0.153 e. The Morgan fingerprint density at radius 2 is 1.58 bits per heavy atom. The second kappa shape index (κ2) is 5.44. The van der Waals surface area contributed by atoms with E-state index in [0.29, 0.717) is 17.8 Å². The van der Waals surface area contributed by atoms with Crippen molar-refractivity contribution in [3.8, 4) is 28.4 Å². The van der Waals surface area contributed by atoms with Crippen molar-refractivity contribution in [1.82, 2.24) is 0 Å². The van der Waals surface area contributed by atoms with Gasteiger partial charge in [0.25, 0.3) is 0 Å². The number of phenols is 1. The van der Waals surface area contributed by atoms with Crippen LogP contribution in [-0.2, 0) is 0 Å². The van der Waals surface area contributed by atoms with E-state index in [1.54, 1.807) is 32.4 Å². The Kier molecular flexibility index (Phi) is 3.71. The molecule has 0 bridgehead atoms. The summed E-state index contributed by atoms with van der Waals surface area (Å²) < 4.78 is 10.4. The van der Waals surface area contributed by atoms with Crippen molar-refractivity contribution in [1.29, 1.82) is 0 Å². The average Bonchev–Trinajstić information content (AvgIpc) is 2.47. The van der Waals surface area contributed by atoms with E-state index in [9.17, 15) is 9.90 Å². The molecule has 0 amide bonds. The summed E-state index contributed by atoms with van der Waals surface area (Å²) in [6.07, 6.45) is 0.621. The van der Waals surface area contributed by atoms with Crippen LogP contribution in [0.15, 0.2) is 36.4 Å². The fourth-order valence-electron chi connectivity index (χ4n) is 1.80. The lowest BCUT2D eigenvalue weighted by Crippen LogP contribution is -1.90. The predicted octanol–water partition coefficient (Wildman–Crippen LogP) is 2.89. The molecule has 2 aromatic rings. The fraction of sp³-hybridized carbons (Fsp3) is 0.133. The Bertz CT molecular complexity index is 583. The van der Waals surface area contributed by atoms with Crippen LogP contribution in [0.1, 0.15) is 10.4 Å². The summed E-state index contributed by atoms with van der Waals surface area (Å²) in [5.74, 6) is 1.29. The standard InChI is InChI=1S/C15H14O4/c1-18-13-6-11(7-14(8-13)19-2)10-3-4-15(17)12(5-10)9-16/h3-9,17H,1-2H3. The van der Waals surface area contributed by atoms with Crippen LogP contribution in [-0.4, -0.2) is 25.6 Å². The van der Waals surface area contributed by atoms with E-state index in [0.717, 1.165) is 11.1 Å². The Labute approximate surface area is 111 Å². The third-order valence-electron chi connectivity index (χ3n) is 2.84. The molecule has 4 heteroatoms. The van der Waals surface area contributed by atoms with Crippen LogP contribution in [0, 0.1) is 0 Å². The second-order valence-electron chi connectivity index (χ2n) is 3.99. The number of rotatable bonds is 4. The number of methoxy groups -OCH3 is 2. The van der Waals surface area contributed by atoms with Crippen molar-refractivity contribution in [2.24, 2.45) is 0 Å². The zero-order chi connectivity index (χ0) is 13.8. The van der Waals surface area contributed by atoms with Crippen molar-refractivity contribution >= 4 is 6.29 Å². The maximum atomic E-state index is 10.8. The van der Waals surface area contributed by atoms with Gasteiger partial charge in [0.05, 0.1) is 19.8 Å². The van der Waals surface area contributed by atoms with Crippen molar-refractivity contribution < 1.29 is 19.4 Å². The van der Waals surface area contributed by atoms with E-state index in [-0.39, 0.29) is 11.3 Å². The molecule has 0 saturated heterocycles. The quantitative estimate of drug-likeness (QED) is 0.857. The number of aromatic hydroxyl groups is 1. The maximum absolute atomic E-state index is 10.8. The number of carbonyl (C=O) groups excluding carboxylic acids is 1. The van der Waals surface area contributed by atoms with E-state index >= 15 is 0 Å². The third-order valence-corrected chi connectivity index (χ3v) is 2.84. The highest BCUT2D eigenvalue weighted by atomic mass is 16.5. The van der Waals surface area contributed by atoms with Gasteiger partial charge in [0.15, 0.2) is 6.29 Å². The molecular weight excluding hydrogens is 244 g/mol. The fourth-order valence-corrected chi connectivity index (χ4v) is 1.80. The van der Waals surface area contributed by atoms with Gasteiger partial charge in [-0.1, -0.05) is 6.07 Å². The van der Waals surface area contributed by atoms with Gasteiger partial charge in [-0.2, -0.15) is 0 Å². The topological polar surface area (TPSA) is 55.8 Å². The Balaban J connectivity index is 2.54. The van der Waals surface area contributed by atoms with Gasteiger partial charge in [0.2, 0.25) is 0 Å². The first-order valence-electron chi connectivity index (χ1n) is 5.69. The van der Waals surface area contributed by atoms with Crippen LogP contribution in [0.2, 0.25) is 0 Å². The molecule has 2 rings (SSSR count). The minimum atomic E-state index is -0.0337. The molecule has 0 unspecified atom stereocenters. The molecular formula is C15H14O4. The smallest absolute Gasteiger partial charge is 0.153 e. The van der Waals surface area contributed by atoms with Crippen molar-refractivity contribution in [2.45, 2.75) is 0 Å². The lowest BCUT2D eigenvalue weighted by molar-refractivity contribution is 0.112. The van der Waals surface area contributed by atoms with Gasteiger partial charge in [-0.25, -0.2) is 0 Å². The number of aldehydes is 1. The minimum absolute atomic E-state index is 0.0337. The number of ether oxygens (including phenoxy) is 2. The summed E-state index contributed by atoms with van der Waals surface area (Å²) in [5, 5.41) is 9.50. The van der Waals surface area contributed by atoms with E-state index < -0.39 is 0 Å². The lowest BCUT2D eigenvalue weighted by Gasteiger charge is -2.09. The zero-order valence-corrected chi connectivity index (χ0v) is 10.7. The number of phenolic OH excluding ortho intramolecular Hbond substituents is 1. The molecule has 0 heterocycles. The monoisotopic (exact) mass is 258 g/mol. The van der Waals surface area contributed by atoms with Crippen molar-refractivity contribution in [2.75, 3.05) is 14.2 Å². The molecule has 19 heavy (non-hydrogen) atoms. The SMILES string of the molecule is COc1cc(OC)cc(-c2ccc(O)c(C=O)c2)c1. The highest BCUT2D eigenvalue weighted by Crippen LogP contribution is 2.31. The lowest BCUT2D eigenvalue weighted by atomic mass is 10.0. The molecule has 98 valence electrons. The summed E-state index contributed by atoms with van der Waals surface area (Å²) in [5.41, 5.74) is 1.90. The molecule has 0 spiro atoms. The first-order valence-corrected chi connectivity index (χ1v) is 5.69. The van der Waals surface area contributed by atoms with Gasteiger partial charge in [0.1, 0.15) is 17.2 Å². The van der Waals surface area contributed by atoms with E-state index in [4.69, 9.17) is 9.47 Å². The molecule has 0 aliphatic heterocycles. The van der Waals surface area contributed by atoms with Gasteiger partial charge in [0, 0.05) is 6.07 Å². The summed E-state index contributed by atoms with van der Waals surface area (Å²) in [4.78, 5) is 10.8. The number of carbonyl (C=O) groups is 1. The predicted molar refractivity (Wildman–Crippen MR) is 72.0 cm³/mol. The van der Waals surface area contributed by atoms with Crippen LogP contribution in [0.25, 0.3) is 11.1 Å². The first-order chi connectivity index (χ1) is 9.17. The summed E-state index contributed by atoms with van der Waals surface area (Å²) in [6.45, 7) is 0. The second-order valence-corrected chi connectivity index (χ2v) is 3.99. The average molecular weight is 258 g/mol. The molecule has 0 aliphatic carbocycles. The molecule has 0 fully saturated rings. The number of hydrogen-bond donors (Lipinski definition) is 1. The third kappa shape index (κ3) is 2.68. The highest BCUT2D eigenvalue weighted by Gasteiger charge is 2.07. The number of benzene rings is 2. The Morgan fingerprint density at radius 3 is 2.11 bits per heavy atom. The first kappa shape index (κ1) is 13.0. The van der Waals surface area contributed by atoms with Gasteiger partial charge >= 0.3 is 0 Å². The summed E-state index contributed by atoms with van der Waals surface area (Å²) in [6, 6.07) is 10.3. The molecule has 2 aromatic carbocycles. The molecule has 0 saturated carbocycles. The molecule has 0 radical (unpaired) electrons. The highest BCUT2D eigenvalue weighted by molar-refractivity contribution is 5.83. The van der Waals surface area contributed by atoms with Gasteiger partial charge < -0.3 is 14.6 Å². The molecule has 0 aliphatic rings. The normalized spacial score (nSPS) is 10.0. The van der Waals surface area contributed by atoms with E-state index in [1.807, 2.05) is 12.1 Å². The van der Waals surface area contributed by atoms with Gasteiger partial charge in [-0.15, -0.1) is 0 Å². The zero-order valence-electron chi connectivity index (χ0n) is 10.7. The van der Waals surface area contributed by atoms with Crippen LogP contribution in [0.3, 0.4) is 0 Å². The minimum Gasteiger partial charge on any atom is -0.507 e. The van der Waals surface area contributed by atoms with Gasteiger partial charge in [-0.05, 0) is 35.4 Å². The Morgan fingerprint density at radius 1 is 0.947 bits per heavy atom. The van der Waals surface area contributed by atoms with E-state index in [2.05, 4.69) is 0 Å².